The van der Waals surface area contributed by atoms with Gasteiger partial charge in [0.05, 0.1) is 10.3 Å². The highest BCUT2D eigenvalue weighted by molar-refractivity contribution is 7.89. The molecule has 1 amide bonds. The summed E-state index contributed by atoms with van der Waals surface area (Å²) < 4.78 is 28.6. The van der Waals surface area contributed by atoms with Gasteiger partial charge < -0.3 is 5.32 Å². The van der Waals surface area contributed by atoms with Crippen LogP contribution in [0.1, 0.15) is 58.4 Å². The standard InChI is InChI=1S/C19H26N2O3S/c1-12-10-13-6-4-5-7-17(13)21(12)25(23,24)14-8-9-16-15(11-14)19(2,3)18(22)20-16/h8-9,11-13,17H,4-7,10H2,1-3H3,(H,20,22). The van der Waals surface area contributed by atoms with Crippen molar-refractivity contribution >= 4 is 21.6 Å². The molecule has 5 nitrogen and oxygen atoms in total. The normalized spacial score (nSPS) is 31.5. The van der Waals surface area contributed by atoms with Crippen LogP contribution in [0.4, 0.5) is 5.69 Å². The number of nitrogens with one attached hydrogen (secondary N) is 1. The summed E-state index contributed by atoms with van der Waals surface area (Å²) in [5.41, 5.74) is 0.787. The molecule has 0 spiro atoms. The van der Waals surface area contributed by atoms with Crippen LogP contribution in [0.5, 0.6) is 0 Å². The summed E-state index contributed by atoms with van der Waals surface area (Å²) in [6.45, 7) is 5.69. The number of carbonyl (C=O) groups is 1. The van der Waals surface area contributed by atoms with Crippen molar-refractivity contribution < 1.29 is 13.2 Å². The maximum Gasteiger partial charge on any atom is 0.243 e. The fourth-order valence-corrected chi connectivity index (χ4v) is 6.86. The maximum atomic E-state index is 13.4. The Bertz CT molecular complexity index is 831. The van der Waals surface area contributed by atoms with E-state index in [2.05, 4.69) is 5.32 Å². The molecule has 1 aliphatic carbocycles. The summed E-state index contributed by atoms with van der Waals surface area (Å²) in [6, 6.07) is 5.24. The average molecular weight is 362 g/mol. The van der Waals surface area contributed by atoms with Gasteiger partial charge in [0.2, 0.25) is 15.9 Å². The van der Waals surface area contributed by atoms with E-state index in [1.807, 2.05) is 20.8 Å². The molecule has 3 unspecified atom stereocenters. The molecule has 0 aromatic heterocycles. The lowest BCUT2D eigenvalue weighted by Crippen LogP contribution is -2.42. The average Bonchev–Trinajstić information content (AvgIpc) is 3.01. The van der Waals surface area contributed by atoms with Crippen molar-refractivity contribution in [1.82, 2.24) is 4.31 Å². The number of carbonyl (C=O) groups excluding carboxylic acids is 1. The van der Waals surface area contributed by atoms with Gasteiger partial charge in [0.1, 0.15) is 0 Å². The fourth-order valence-electron chi connectivity index (χ4n) is 4.91. The van der Waals surface area contributed by atoms with E-state index in [4.69, 9.17) is 0 Å². The monoisotopic (exact) mass is 362 g/mol. The maximum absolute atomic E-state index is 13.4. The highest BCUT2D eigenvalue weighted by Crippen LogP contribution is 2.44. The van der Waals surface area contributed by atoms with E-state index in [-0.39, 0.29) is 18.0 Å². The summed E-state index contributed by atoms with van der Waals surface area (Å²) in [6.07, 6.45) is 5.37. The van der Waals surface area contributed by atoms with Crippen molar-refractivity contribution in [1.29, 1.82) is 0 Å². The number of benzene rings is 1. The first-order valence-electron chi connectivity index (χ1n) is 9.22. The Morgan fingerprint density at radius 2 is 1.92 bits per heavy atom. The second-order valence-electron chi connectivity index (χ2n) is 8.32. The van der Waals surface area contributed by atoms with Crippen LogP contribution in [0.25, 0.3) is 0 Å². The first-order chi connectivity index (χ1) is 11.7. The second kappa shape index (κ2) is 5.55. The molecule has 1 N–H and O–H groups in total. The molecule has 25 heavy (non-hydrogen) atoms. The first-order valence-corrected chi connectivity index (χ1v) is 10.7. The summed E-state index contributed by atoms with van der Waals surface area (Å²) in [4.78, 5) is 12.5. The number of amides is 1. The van der Waals surface area contributed by atoms with Crippen LogP contribution in [0.3, 0.4) is 0 Å². The van der Waals surface area contributed by atoms with E-state index in [9.17, 15) is 13.2 Å². The van der Waals surface area contributed by atoms with Crippen molar-refractivity contribution in [3.63, 3.8) is 0 Å². The van der Waals surface area contributed by atoms with Crippen LogP contribution >= 0.6 is 0 Å². The smallest absolute Gasteiger partial charge is 0.243 e. The summed E-state index contributed by atoms with van der Waals surface area (Å²) in [7, 11) is -3.55. The third-order valence-corrected chi connectivity index (χ3v) is 8.37. The topological polar surface area (TPSA) is 66.5 Å². The third-order valence-electron chi connectivity index (χ3n) is 6.33. The van der Waals surface area contributed by atoms with Crippen LogP contribution in [0, 0.1) is 5.92 Å². The highest BCUT2D eigenvalue weighted by atomic mass is 32.2. The lowest BCUT2D eigenvalue weighted by atomic mass is 9.85. The van der Waals surface area contributed by atoms with Crippen molar-refractivity contribution in [3.05, 3.63) is 23.8 Å². The molecular weight excluding hydrogens is 336 g/mol. The number of hydrogen-bond donors (Lipinski definition) is 1. The van der Waals surface area contributed by atoms with E-state index >= 15 is 0 Å². The number of sulfonamides is 1. The highest BCUT2D eigenvalue weighted by Gasteiger charge is 2.47. The van der Waals surface area contributed by atoms with Gasteiger partial charge >= 0.3 is 0 Å². The Labute approximate surface area is 149 Å². The van der Waals surface area contributed by atoms with Crippen molar-refractivity contribution in [2.24, 2.45) is 5.92 Å². The molecule has 1 aromatic carbocycles. The lowest BCUT2D eigenvalue weighted by molar-refractivity contribution is -0.119. The molecule has 2 aliphatic heterocycles. The Kier molecular flexibility index (Phi) is 3.78. The number of fused-ring (bicyclic) bond motifs is 2. The molecule has 3 aliphatic rings. The lowest BCUT2D eigenvalue weighted by Gasteiger charge is -2.32. The second-order valence-corrected chi connectivity index (χ2v) is 10.2. The van der Waals surface area contributed by atoms with Crippen LogP contribution in [-0.4, -0.2) is 30.7 Å². The van der Waals surface area contributed by atoms with E-state index in [1.165, 1.54) is 6.42 Å². The molecule has 4 rings (SSSR count). The number of rotatable bonds is 2. The third kappa shape index (κ3) is 2.45. The summed E-state index contributed by atoms with van der Waals surface area (Å²) in [5, 5.41) is 2.84. The van der Waals surface area contributed by atoms with Crippen molar-refractivity contribution in [3.8, 4) is 0 Å². The molecule has 2 heterocycles. The van der Waals surface area contributed by atoms with Gasteiger partial charge in [-0.05, 0) is 69.7 Å². The summed E-state index contributed by atoms with van der Waals surface area (Å²) in [5.74, 6) is 0.409. The van der Waals surface area contributed by atoms with Crippen molar-refractivity contribution in [2.75, 3.05) is 5.32 Å². The zero-order chi connectivity index (χ0) is 18.0. The predicted octanol–water partition coefficient (Wildman–Crippen LogP) is 3.26. The van der Waals surface area contributed by atoms with Gasteiger partial charge in [-0.25, -0.2) is 8.42 Å². The van der Waals surface area contributed by atoms with Gasteiger partial charge in [0, 0.05) is 17.8 Å². The molecule has 2 fully saturated rings. The fraction of sp³-hybridized carbons (Fsp3) is 0.632. The zero-order valence-electron chi connectivity index (χ0n) is 15.1. The van der Waals surface area contributed by atoms with Crippen LogP contribution in [0.2, 0.25) is 0 Å². The minimum atomic E-state index is -3.55. The number of nitrogens with zero attached hydrogens (tertiary/aromatic N) is 1. The predicted molar refractivity (Wildman–Crippen MR) is 96.9 cm³/mol. The molecular formula is C19H26N2O3S. The molecule has 0 radical (unpaired) electrons. The number of hydrogen-bond acceptors (Lipinski definition) is 3. The summed E-state index contributed by atoms with van der Waals surface area (Å²) >= 11 is 0. The van der Waals surface area contributed by atoms with E-state index < -0.39 is 15.4 Å². The molecule has 1 saturated heterocycles. The van der Waals surface area contributed by atoms with Gasteiger partial charge in [-0.15, -0.1) is 0 Å². The van der Waals surface area contributed by atoms with Crippen LogP contribution in [0.15, 0.2) is 23.1 Å². The van der Waals surface area contributed by atoms with E-state index in [1.54, 1.807) is 22.5 Å². The zero-order valence-corrected chi connectivity index (χ0v) is 15.9. The van der Waals surface area contributed by atoms with Crippen LogP contribution < -0.4 is 5.32 Å². The van der Waals surface area contributed by atoms with Gasteiger partial charge in [-0.2, -0.15) is 4.31 Å². The van der Waals surface area contributed by atoms with Gasteiger partial charge in [-0.1, -0.05) is 12.8 Å². The Balaban J connectivity index is 1.75. The Morgan fingerprint density at radius 3 is 2.68 bits per heavy atom. The van der Waals surface area contributed by atoms with E-state index in [0.717, 1.165) is 36.9 Å². The van der Waals surface area contributed by atoms with Gasteiger partial charge in [-0.3, -0.25) is 4.79 Å². The minimum Gasteiger partial charge on any atom is -0.325 e. The molecule has 6 heteroatoms. The molecule has 1 aromatic rings. The Hall–Kier alpha value is -1.40. The van der Waals surface area contributed by atoms with Gasteiger partial charge in [0.15, 0.2) is 0 Å². The Morgan fingerprint density at radius 1 is 1.20 bits per heavy atom. The molecule has 0 bridgehead atoms. The molecule has 3 atom stereocenters. The molecule has 1 saturated carbocycles. The largest absolute Gasteiger partial charge is 0.325 e. The minimum absolute atomic E-state index is 0.0409. The van der Waals surface area contributed by atoms with Gasteiger partial charge in [0.25, 0.3) is 0 Å². The van der Waals surface area contributed by atoms with E-state index in [0.29, 0.717) is 10.8 Å². The SMILES string of the molecule is CC1CC2CCCCC2N1S(=O)(=O)c1ccc2c(c1)C(C)(C)C(=O)N2. The quantitative estimate of drug-likeness (QED) is 0.878. The number of anilines is 1. The molecule has 136 valence electrons. The first kappa shape index (κ1) is 17.0. The van der Waals surface area contributed by atoms with Crippen LogP contribution in [-0.2, 0) is 20.2 Å². The van der Waals surface area contributed by atoms with Crippen molar-refractivity contribution in [2.45, 2.75) is 75.3 Å².